The second-order valence-electron chi connectivity index (χ2n) is 5.11. The van der Waals surface area contributed by atoms with Gasteiger partial charge in [0.15, 0.2) is 0 Å². The molecule has 0 bridgehead atoms. The van der Waals surface area contributed by atoms with Gasteiger partial charge in [-0.25, -0.2) is 0 Å². The van der Waals surface area contributed by atoms with Crippen molar-refractivity contribution in [3.63, 3.8) is 0 Å². The molecule has 20 heavy (non-hydrogen) atoms. The highest BCUT2D eigenvalue weighted by Gasteiger charge is 2.25. The van der Waals surface area contributed by atoms with Crippen LogP contribution in [0.2, 0.25) is 5.02 Å². The van der Waals surface area contributed by atoms with Crippen LogP contribution in [-0.2, 0) is 20.9 Å². The van der Waals surface area contributed by atoms with E-state index in [9.17, 15) is 9.59 Å². The van der Waals surface area contributed by atoms with Crippen molar-refractivity contribution in [3.05, 3.63) is 34.9 Å². The Bertz CT molecular complexity index is 489. The number of nitrogens with one attached hydrogen (secondary N) is 1. The summed E-state index contributed by atoms with van der Waals surface area (Å²) >= 11 is 5.96. The lowest BCUT2D eigenvalue weighted by atomic mass is 9.93. The third kappa shape index (κ3) is 5.19. The van der Waals surface area contributed by atoms with E-state index in [1.54, 1.807) is 19.9 Å². The molecule has 0 aliphatic heterocycles. The van der Waals surface area contributed by atoms with Crippen molar-refractivity contribution in [1.29, 1.82) is 0 Å². The first-order chi connectivity index (χ1) is 9.33. The minimum Gasteiger partial charge on any atom is -0.369 e. The van der Waals surface area contributed by atoms with Crippen molar-refractivity contribution in [2.75, 3.05) is 13.2 Å². The van der Waals surface area contributed by atoms with Crippen LogP contribution in [0.1, 0.15) is 19.4 Å². The molecule has 0 radical (unpaired) electrons. The van der Waals surface area contributed by atoms with Gasteiger partial charge in [-0.05, 0) is 25.5 Å². The zero-order valence-corrected chi connectivity index (χ0v) is 12.4. The first kappa shape index (κ1) is 16.5. The molecular weight excluding hydrogens is 280 g/mol. The van der Waals surface area contributed by atoms with E-state index >= 15 is 0 Å². The number of hydrogen-bond acceptors (Lipinski definition) is 3. The number of carbonyl (C=O) groups is 2. The smallest absolute Gasteiger partial charge is 0.246 e. The van der Waals surface area contributed by atoms with Crippen LogP contribution in [0.15, 0.2) is 24.3 Å². The molecule has 1 rings (SSSR count). The first-order valence-corrected chi connectivity index (χ1v) is 6.58. The highest BCUT2D eigenvalue weighted by molar-refractivity contribution is 6.31. The summed E-state index contributed by atoms with van der Waals surface area (Å²) in [6, 6.07) is 7.26. The van der Waals surface area contributed by atoms with E-state index in [2.05, 4.69) is 5.32 Å². The molecule has 2 amide bonds. The van der Waals surface area contributed by atoms with Crippen LogP contribution in [0.25, 0.3) is 0 Å². The van der Waals surface area contributed by atoms with Crippen LogP contribution in [-0.4, -0.2) is 25.0 Å². The zero-order chi connectivity index (χ0) is 15.2. The third-order valence-corrected chi connectivity index (χ3v) is 3.21. The van der Waals surface area contributed by atoms with Gasteiger partial charge >= 0.3 is 0 Å². The lowest BCUT2D eigenvalue weighted by molar-refractivity contribution is -0.129. The summed E-state index contributed by atoms with van der Waals surface area (Å²) in [5.41, 5.74) is 5.25. The Kier molecular flexibility index (Phi) is 5.98. The maximum absolute atomic E-state index is 11.6. The van der Waals surface area contributed by atoms with Gasteiger partial charge < -0.3 is 15.8 Å². The van der Waals surface area contributed by atoms with Crippen LogP contribution in [0.4, 0.5) is 0 Å². The van der Waals surface area contributed by atoms with Crippen LogP contribution >= 0.6 is 11.6 Å². The Labute approximate surface area is 123 Å². The van der Waals surface area contributed by atoms with Gasteiger partial charge in [-0.3, -0.25) is 9.59 Å². The average molecular weight is 299 g/mol. The molecule has 0 saturated carbocycles. The van der Waals surface area contributed by atoms with E-state index < -0.39 is 11.3 Å². The van der Waals surface area contributed by atoms with Gasteiger partial charge in [0.2, 0.25) is 11.8 Å². The van der Waals surface area contributed by atoms with Crippen LogP contribution in [0.3, 0.4) is 0 Å². The summed E-state index contributed by atoms with van der Waals surface area (Å²) in [6.45, 7) is 3.67. The minimum atomic E-state index is -0.779. The maximum atomic E-state index is 11.6. The number of amides is 2. The lowest BCUT2D eigenvalue weighted by Crippen LogP contribution is -2.43. The summed E-state index contributed by atoms with van der Waals surface area (Å²) in [4.78, 5) is 22.7. The van der Waals surface area contributed by atoms with Gasteiger partial charge in [0.25, 0.3) is 0 Å². The number of hydrogen-bond donors (Lipinski definition) is 2. The Morgan fingerprint density at radius 1 is 1.35 bits per heavy atom. The Balaban J connectivity index is 2.31. The molecule has 0 spiro atoms. The molecule has 0 heterocycles. The summed E-state index contributed by atoms with van der Waals surface area (Å²) in [5, 5.41) is 3.21. The van der Waals surface area contributed by atoms with Gasteiger partial charge in [0.05, 0.1) is 12.0 Å². The average Bonchev–Trinajstić information content (AvgIpc) is 2.38. The molecule has 0 aliphatic rings. The molecular formula is C14H19ClN2O3. The topological polar surface area (TPSA) is 81.4 Å². The third-order valence-electron chi connectivity index (χ3n) is 2.84. The monoisotopic (exact) mass is 298 g/mol. The number of halogens is 1. The fourth-order valence-electron chi connectivity index (χ4n) is 1.33. The summed E-state index contributed by atoms with van der Waals surface area (Å²) in [6.07, 6.45) is 0. The second-order valence-corrected chi connectivity index (χ2v) is 5.52. The normalized spacial score (nSPS) is 11.2. The molecule has 0 saturated heterocycles. The number of primary amides is 1. The summed E-state index contributed by atoms with van der Waals surface area (Å²) in [5.74, 6) is -0.763. The number of benzene rings is 1. The van der Waals surface area contributed by atoms with Crippen LogP contribution in [0, 0.1) is 5.41 Å². The Morgan fingerprint density at radius 2 is 2.00 bits per heavy atom. The Hall–Kier alpha value is -1.59. The van der Waals surface area contributed by atoms with Crippen molar-refractivity contribution in [2.24, 2.45) is 11.1 Å². The molecule has 1 aromatic rings. The minimum absolute atomic E-state index is 0.0972. The molecule has 3 N–H and O–H groups in total. The number of rotatable bonds is 7. The van der Waals surface area contributed by atoms with Crippen molar-refractivity contribution in [3.8, 4) is 0 Å². The van der Waals surface area contributed by atoms with Crippen molar-refractivity contribution in [1.82, 2.24) is 5.32 Å². The van der Waals surface area contributed by atoms with E-state index in [1.165, 1.54) is 0 Å². The van der Waals surface area contributed by atoms with Crippen molar-refractivity contribution < 1.29 is 14.3 Å². The molecule has 0 fully saturated rings. The fraction of sp³-hybridized carbons (Fsp3) is 0.429. The highest BCUT2D eigenvalue weighted by Crippen LogP contribution is 2.15. The highest BCUT2D eigenvalue weighted by atomic mass is 35.5. The van der Waals surface area contributed by atoms with Gasteiger partial charge in [-0.2, -0.15) is 0 Å². The van der Waals surface area contributed by atoms with E-state index in [4.69, 9.17) is 22.1 Å². The fourth-order valence-corrected chi connectivity index (χ4v) is 1.52. The van der Waals surface area contributed by atoms with Gasteiger partial charge in [0.1, 0.15) is 6.61 Å². The molecule has 1 aromatic carbocycles. The van der Waals surface area contributed by atoms with Crippen molar-refractivity contribution in [2.45, 2.75) is 20.5 Å². The zero-order valence-electron chi connectivity index (χ0n) is 11.6. The SMILES string of the molecule is CC(C)(CNC(=O)COCc1ccccc1Cl)C(N)=O. The summed E-state index contributed by atoms with van der Waals surface area (Å²) < 4.78 is 5.28. The second kappa shape index (κ2) is 7.26. The summed E-state index contributed by atoms with van der Waals surface area (Å²) in [7, 11) is 0. The number of carbonyl (C=O) groups excluding carboxylic acids is 2. The van der Waals surface area contributed by atoms with Crippen molar-refractivity contribution >= 4 is 23.4 Å². The van der Waals surface area contributed by atoms with E-state index in [-0.39, 0.29) is 25.7 Å². The van der Waals surface area contributed by atoms with E-state index in [0.29, 0.717) is 5.02 Å². The maximum Gasteiger partial charge on any atom is 0.246 e. The molecule has 0 aliphatic carbocycles. The largest absolute Gasteiger partial charge is 0.369 e. The van der Waals surface area contributed by atoms with Gasteiger partial charge in [-0.15, -0.1) is 0 Å². The van der Waals surface area contributed by atoms with Crippen LogP contribution in [0.5, 0.6) is 0 Å². The number of ether oxygens (including phenoxy) is 1. The predicted octanol–water partition coefficient (Wildman–Crippen LogP) is 1.48. The van der Waals surface area contributed by atoms with E-state index in [0.717, 1.165) is 5.56 Å². The lowest BCUT2D eigenvalue weighted by Gasteiger charge is -2.20. The molecule has 6 heteroatoms. The predicted molar refractivity (Wildman–Crippen MR) is 77.1 cm³/mol. The molecule has 5 nitrogen and oxygen atoms in total. The van der Waals surface area contributed by atoms with Gasteiger partial charge in [-0.1, -0.05) is 29.8 Å². The standard InChI is InChI=1S/C14H19ClN2O3/c1-14(2,13(16)19)9-17-12(18)8-20-7-10-5-3-4-6-11(10)15/h3-6H,7-9H2,1-2H3,(H2,16,19)(H,17,18). The Morgan fingerprint density at radius 3 is 2.60 bits per heavy atom. The molecule has 0 atom stereocenters. The number of nitrogens with two attached hydrogens (primary N) is 1. The van der Waals surface area contributed by atoms with E-state index in [1.807, 2.05) is 18.2 Å². The van der Waals surface area contributed by atoms with Crippen LogP contribution < -0.4 is 11.1 Å². The molecule has 0 unspecified atom stereocenters. The first-order valence-electron chi connectivity index (χ1n) is 6.20. The van der Waals surface area contributed by atoms with Gasteiger partial charge in [0, 0.05) is 11.6 Å². The quantitative estimate of drug-likeness (QED) is 0.800. The molecule has 110 valence electrons. The molecule has 0 aromatic heterocycles.